The summed E-state index contributed by atoms with van der Waals surface area (Å²) >= 11 is 0. The number of rotatable bonds is 9. The van der Waals surface area contributed by atoms with Gasteiger partial charge in [0, 0.05) is 0 Å². The molecule has 0 amide bonds. The van der Waals surface area contributed by atoms with Gasteiger partial charge in [0.2, 0.25) is 0 Å². The van der Waals surface area contributed by atoms with Crippen molar-refractivity contribution in [1.29, 1.82) is 0 Å². The average molecular weight is 248 g/mol. The van der Waals surface area contributed by atoms with Crippen LogP contribution in [0.5, 0.6) is 0 Å². The summed E-state index contributed by atoms with van der Waals surface area (Å²) in [5, 5.41) is 10.1. The summed E-state index contributed by atoms with van der Waals surface area (Å²) in [5.41, 5.74) is 1.05. The van der Waals surface area contributed by atoms with Gasteiger partial charge in [0.15, 0.2) is 0 Å². The van der Waals surface area contributed by atoms with Crippen LogP contribution in [-0.2, 0) is 0 Å². The molecule has 0 aliphatic carbocycles. The van der Waals surface area contributed by atoms with Crippen molar-refractivity contribution in [1.82, 2.24) is 0 Å². The lowest BCUT2D eigenvalue weighted by Gasteiger charge is -2.16. The van der Waals surface area contributed by atoms with Gasteiger partial charge in [-0.15, -0.1) is 0 Å². The SMILES string of the molecule is CCCCC(CC)CCCC(O)c1ccccc1. The lowest BCUT2D eigenvalue weighted by atomic mass is 9.92. The van der Waals surface area contributed by atoms with Crippen molar-refractivity contribution in [2.45, 2.75) is 64.9 Å². The fourth-order valence-electron chi connectivity index (χ4n) is 2.49. The van der Waals surface area contributed by atoms with E-state index in [0.29, 0.717) is 0 Å². The van der Waals surface area contributed by atoms with E-state index in [-0.39, 0.29) is 6.10 Å². The Morgan fingerprint density at radius 1 is 0.944 bits per heavy atom. The molecule has 0 heterocycles. The molecule has 2 unspecified atom stereocenters. The third-order valence-electron chi connectivity index (χ3n) is 3.82. The smallest absolute Gasteiger partial charge is 0.0790 e. The molecule has 0 saturated carbocycles. The summed E-state index contributed by atoms with van der Waals surface area (Å²) in [4.78, 5) is 0. The van der Waals surface area contributed by atoms with Crippen molar-refractivity contribution >= 4 is 0 Å². The summed E-state index contributed by atoms with van der Waals surface area (Å²) in [6.45, 7) is 4.54. The summed E-state index contributed by atoms with van der Waals surface area (Å²) in [6, 6.07) is 10.0. The molecule has 2 atom stereocenters. The first-order chi connectivity index (χ1) is 8.77. The van der Waals surface area contributed by atoms with Crippen LogP contribution in [0.4, 0.5) is 0 Å². The predicted octanol–water partition coefficient (Wildman–Crippen LogP) is 5.11. The monoisotopic (exact) mass is 248 g/mol. The Bertz CT molecular complexity index is 294. The van der Waals surface area contributed by atoms with E-state index in [9.17, 15) is 5.11 Å². The van der Waals surface area contributed by atoms with Gasteiger partial charge in [0.25, 0.3) is 0 Å². The van der Waals surface area contributed by atoms with Crippen LogP contribution in [0.2, 0.25) is 0 Å². The predicted molar refractivity (Wildman–Crippen MR) is 78.6 cm³/mol. The first kappa shape index (κ1) is 15.2. The quantitative estimate of drug-likeness (QED) is 0.644. The largest absolute Gasteiger partial charge is 0.388 e. The number of aliphatic hydroxyl groups is 1. The molecule has 0 radical (unpaired) electrons. The van der Waals surface area contributed by atoms with Crippen molar-refractivity contribution < 1.29 is 5.11 Å². The highest BCUT2D eigenvalue weighted by Gasteiger charge is 2.09. The molecule has 1 heteroatoms. The van der Waals surface area contributed by atoms with E-state index < -0.39 is 0 Å². The Morgan fingerprint density at radius 3 is 2.22 bits per heavy atom. The van der Waals surface area contributed by atoms with E-state index in [1.54, 1.807) is 0 Å². The van der Waals surface area contributed by atoms with Crippen LogP contribution in [0, 0.1) is 5.92 Å². The molecule has 1 aromatic rings. The lowest BCUT2D eigenvalue weighted by molar-refractivity contribution is 0.160. The van der Waals surface area contributed by atoms with Gasteiger partial charge in [0.1, 0.15) is 0 Å². The molecule has 0 aromatic heterocycles. The minimum absolute atomic E-state index is 0.283. The number of hydrogen-bond donors (Lipinski definition) is 1. The molecule has 0 aliphatic heterocycles. The highest BCUT2D eigenvalue weighted by molar-refractivity contribution is 5.16. The Balaban J connectivity index is 2.24. The zero-order chi connectivity index (χ0) is 13.2. The summed E-state index contributed by atoms with van der Waals surface area (Å²) in [7, 11) is 0. The minimum atomic E-state index is -0.283. The van der Waals surface area contributed by atoms with Crippen molar-refractivity contribution in [2.24, 2.45) is 5.92 Å². The highest BCUT2D eigenvalue weighted by atomic mass is 16.3. The van der Waals surface area contributed by atoms with Crippen LogP contribution in [0.3, 0.4) is 0 Å². The first-order valence-electron chi connectivity index (χ1n) is 7.50. The summed E-state index contributed by atoms with van der Waals surface area (Å²) in [6.07, 6.45) is 8.29. The van der Waals surface area contributed by atoms with Crippen molar-refractivity contribution in [3.8, 4) is 0 Å². The van der Waals surface area contributed by atoms with E-state index in [1.807, 2.05) is 30.3 Å². The first-order valence-corrected chi connectivity index (χ1v) is 7.50. The molecule has 0 bridgehead atoms. The maximum Gasteiger partial charge on any atom is 0.0790 e. The normalized spacial score (nSPS) is 14.4. The van der Waals surface area contributed by atoms with E-state index in [4.69, 9.17) is 0 Å². The van der Waals surface area contributed by atoms with Gasteiger partial charge in [-0.2, -0.15) is 0 Å². The lowest BCUT2D eigenvalue weighted by Crippen LogP contribution is -2.02. The topological polar surface area (TPSA) is 20.2 Å². The van der Waals surface area contributed by atoms with Gasteiger partial charge in [-0.05, 0) is 17.9 Å². The van der Waals surface area contributed by atoms with Crippen molar-refractivity contribution in [2.75, 3.05) is 0 Å². The summed E-state index contributed by atoms with van der Waals surface area (Å²) < 4.78 is 0. The molecular formula is C17H28O. The van der Waals surface area contributed by atoms with E-state index in [0.717, 1.165) is 24.3 Å². The van der Waals surface area contributed by atoms with Gasteiger partial charge in [-0.25, -0.2) is 0 Å². The second-order valence-electron chi connectivity index (χ2n) is 5.27. The molecule has 1 aromatic carbocycles. The number of aliphatic hydroxyl groups excluding tert-OH is 1. The maximum atomic E-state index is 10.1. The number of unbranched alkanes of at least 4 members (excludes halogenated alkanes) is 1. The van der Waals surface area contributed by atoms with Crippen LogP contribution in [-0.4, -0.2) is 5.11 Å². The fraction of sp³-hybridized carbons (Fsp3) is 0.647. The van der Waals surface area contributed by atoms with Gasteiger partial charge in [0.05, 0.1) is 6.10 Å². The van der Waals surface area contributed by atoms with E-state index >= 15 is 0 Å². The van der Waals surface area contributed by atoms with Crippen LogP contribution >= 0.6 is 0 Å². The van der Waals surface area contributed by atoms with E-state index in [1.165, 1.54) is 32.1 Å². The van der Waals surface area contributed by atoms with E-state index in [2.05, 4.69) is 13.8 Å². The Labute approximate surface area is 112 Å². The van der Waals surface area contributed by atoms with Gasteiger partial charge in [-0.1, -0.05) is 82.7 Å². The zero-order valence-corrected chi connectivity index (χ0v) is 11.9. The van der Waals surface area contributed by atoms with Gasteiger partial charge < -0.3 is 5.11 Å². The molecule has 18 heavy (non-hydrogen) atoms. The Kier molecular flexibility index (Phi) is 7.75. The number of benzene rings is 1. The van der Waals surface area contributed by atoms with Crippen molar-refractivity contribution in [3.05, 3.63) is 35.9 Å². The highest BCUT2D eigenvalue weighted by Crippen LogP contribution is 2.24. The molecule has 0 saturated heterocycles. The molecule has 0 spiro atoms. The molecular weight excluding hydrogens is 220 g/mol. The van der Waals surface area contributed by atoms with Gasteiger partial charge >= 0.3 is 0 Å². The second kappa shape index (κ2) is 9.16. The summed E-state index contributed by atoms with van der Waals surface area (Å²) in [5.74, 6) is 0.855. The van der Waals surface area contributed by atoms with Crippen LogP contribution in [0.1, 0.15) is 70.5 Å². The van der Waals surface area contributed by atoms with Crippen LogP contribution in [0.25, 0.3) is 0 Å². The molecule has 0 aliphatic rings. The average Bonchev–Trinajstić information content (AvgIpc) is 2.43. The third-order valence-corrected chi connectivity index (χ3v) is 3.82. The Morgan fingerprint density at radius 2 is 1.61 bits per heavy atom. The van der Waals surface area contributed by atoms with Crippen LogP contribution in [0.15, 0.2) is 30.3 Å². The molecule has 1 nitrogen and oxygen atoms in total. The molecule has 1 N–H and O–H groups in total. The zero-order valence-electron chi connectivity index (χ0n) is 11.9. The van der Waals surface area contributed by atoms with Gasteiger partial charge in [-0.3, -0.25) is 0 Å². The van der Waals surface area contributed by atoms with Crippen molar-refractivity contribution in [3.63, 3.8) is 0 Å². The van der Waals surface area contributed by atoms with Crippen LogP contribution < -0.4 is 0 Å². The molecule has 1 rings (SSSR count). The molecule has 0 fully saturated rings. The second-order valence-corrected chi connectivity index (χ2v) is 5.27. The maximum absolute atomic E-state index is 10.1. The molecule has 102 valence electrons. The minimum Gasteiger partial charge on any atom is -0.388 e. The fourth-order valence-corrected chi connectivity index (χ4v) is 2.49. The number of hydrogen-bond acceptors (Lipinski definition) is 1. The third kappa shape index (κ3) is 5.68. The Hall–Kier alpha value is -0.820. The standard InChI is InChI=1S/C17H28O/c1-3-5-10-15(4-2)11-9-14-17(18)16-12-7-6-8-13-16/h6-8,12-13,15,17-18H,3-5,9-11,14H2,1-2H3.